The summed E-state index contributed by atoms with van der Waals surface area (Å²) in [4.78, 5) is 12.1. The van der Waals surface area contributed by atoms with Gasteiger partial charge in [-0.1, -0.05) is 12.1 Å². The fourth-order valence-electron chi connectivity index (χ4n) is 2.05. The van der Waals surface area contributed by atoms with Gasteiger partial charge in [-0.2, -0.15) is 0 Å². The van der Waals surface area contributed by atoms with Crippen molar-refractivity contribution in [2.24, 2.45) is 11.7 Å². The van der Waals surface area contributed by atoms with Crippen LogP contribution in [-0.4, -0.2) is 32.3 Å². The summed E-state index contributed by atoms with van der Waals surface area (Å²) < 4.78 is 10.8. The summed E-state index contributed by atoms with van der Waals surface area (Å²) in [5, 5.41) is 2.90. The molecule has 104 valence electrons. The topological polar surface area (TPSA) is 73.6 Å². The molecule has 0 aliphatic carbocycles. The third-order valence-electron chi connectivity index (χ3n) is 3.05. The second-order valence-corrected chi connectivity index (χ2v) is 4.54. The molecule has 0 bridgehead atoms. The van der Waals surface area contributed by atoms with Crippen LogP contribution in [0.25, 0.3) is 0 Å². The van der Waals surface area contributed by atoms with Crippen molar-refractivity contribution in [2.75, 3.05) is 31.7 Å². The molecule has 5 nitrogen and oxygen atoms in total. The van der Waals surface area contributed by atoms with Gasteiger partial charge in [0.05, 0.1) is 18.2 Å². The van der Waals surface area contributed by atoms with E-state index in [1.54, 1.807) is 0 Å². The Morgan fingerprint density at radius 2 is 2.32 bits per heavy atom. The van der Waals surface area contributed by atoms with Crippen LogP contribution in [0.5, 0.6) is 5.75 Å². The first kappa shape index (κ1) is 13.8. The Hall–Kier alpha value is -1.59. The number of amides is 1. The van der Waals surface area contributed by atoms with Crippen molar-refractivity contribution in [1.82, 2.24) is 0 Å². The number of hydrogen-bond donors (Lipinski definition) is 2. The van der Waals surface area contributed by atoms with Crippen molar-refractivity contribution in [1.29, 1.82) is 0 Å². The highest BCUT2D eigenvalue weighted by molar-refractivity contribution is 5.94. The minimum absolute atomic E-state index is 0.0106. The number of ether oxygens (including phenoxy) is 2. The SMILES string of the molecule is NCCOc1ccccc1NC(=O)C1CCCOC1. The minimum Gasteiger partial charge on any atom is -0.490 e. The number of nitrogens with one attached hydrogen (secondary N) is 1. The first-order chi connectivity index (χ1) is 9.31. The molecule has 2 rings (SSSR count). The van der Waals surface area contributed by atoms with Gasteiger partial charge in [-0.3, -0.25) is 4.79 Å². The van der Waals surface area contributed by atoms with Crippen LogP contribution >= 0.6 is 0 Å². The van der Waals surface area contributed by atoms with Crippen molar-refractivity contribution in [3.8, 4) is 5.75 Å². The quantitative estimate of drug-likeness (QED) is 0.843. The summed E-state index contributed by atoms with van der Waals surface area (Å²) in [6, 6.07) is 7.38. The van der Waals surface area contributed by atoms with Crippen molar-refractivity contribution in [2.45, 2.75) is 12.8 Å². The van der Waals surface area contributed by atoms with E-state index in [0.29, 0.717) is 31.2 Å². The first-order valence-corrected chi connectivity index (χ1v) is 6.62. The molecule has 19 heavy (non-hydrogen) atoms. The molecule has 1 aromatic rings. The van der Waals surface area contributed by atoms with Crippen LogP contribution < -0.4 is 15.8 Å². The van der Waals surface area contributed by atoms with Gasteiger partial charge in [0.15, 0.2) is 0 Å². The molecular weight excluding hydrogens is 244 g/mol. The molecule has 3 N–H and O–H groups in total. The highest BCUT2D eigenvalue weighted by Crippen LogP contribution is 2.25. The zero-order chi connectivity index (χ0) is 13.5. The Labute approximate surface area is 113 Å². The van der Waals surface area contributed by atoms with Crippen molar-refractivity contribution in [3.05, 3.63) is 24.3 Å². The van der Waals surface area contributed by atoms with E-state index in [1.165, 1.54) is 0 Å². The van der Waals surface area contributed by atoms with Gasteiger partial charge < -0.3 is 20.5 Å². The van der Waals surface area contributed by atoms with Crippen LogP contribution in [-0.2, 0) is 9.53 Å². The molecular formula is C14H20N2O3. The van der Waals surface area contributed by atoms with E-state index in [4.69, 9.17) is 15.2 Å². The number of nitrogens with two attached hydrogens (primary N) is 1. The summed E-state index contributed by atoms with van der Waals surface area (Å²) in [7, 11) is 0. The third kappa shape index (κ3) is 3.94. The molecule has 1 aromatic carbocycles. The second-order valence-electron chi connectivity index (χ2n) is 4.54. The van der Waals surface area contributed by atoms with E-state index in [-0.39, 0.29) is 11.8 Å². The molecule has 0 spiro atoms. The molecule has 1 unspecified atom stereocenters. The molecule has 5 heteroatoms. The zero-order valence-electron chi connectivity index (χ0n) is 10.9. The number of anilines is 1. The Bertz CT molecular complexity index is 417. The molecule has 0 saturated carbocycles. The fraction of sp³-hybridized carbons (Fsp3) is 0.500. The summed E-state index contributed by atoms with van der Waals surface area (Å²) >= 11 is 0. The molecule has 1 fully saturated rings. The predicted molar refractivity (Wildman–Crippen MR) is 73.2 cm³/mol. The molecule has 1 aliphatic rings. The zero-order valence-corrected chi connectivity index (χ0v) is 10.9. The van der Waals surface area contributed by atoms with E-state index in [2.05, 4.69) is 5.32 Å². The van der Waals surface area contributed by atoms with Gasteiger partial charge in [-0.05, 0) is 25.0 Å². The van der Waals surface area contributed by atoms with Crippen LogP contribution in [0.4, 0.5) is 5.69 Å². The van der Waals surface area contributed by atoms with Crippen LogP contribution in [0.1, 0.15) is 12.8 Å². The highest BCUT2D eigenvalue weighted by Gasteiger charge is 2.22. The largest absolute Gasteiger partial charge is 0.490 e. The summed E-state index contributed by atoms with van der Waals surface area (Å²) in [5.74, 6) is 0.567. The van der Waals surface area contributed by atoms with Gasteiger partial charge in [0.1, 0.15) is 12.4 Å². The number of carbonyl (C=O) groups is 1. The standard InChI is InChI=1S/C14H20N2O3/c15-7-9-19-13-6-2-1-5-12(13)16-14(17)11-4-3-8-18-10-11/h1-2,5-6,11H,3-4,7-10,15H2,(H,16,17). The summed E-state index contributed by atoms with van der Waals surface area (Å²) in [5.41, 5.74) is 6.10. The number of carbonyl (C=O) groups excluding carboxylic acids is 1. The summed E-state index contributed by atoms with van der Waals surface area (Å²) in [6.07, 6.45) is 1.81. The number of para-hydroxylation sites is 2. The van der Waals surface area contributed by atoms with E-state index >= 15 is 0 Å². The van der Waals surface area contributed by atoms with Gasteiger partial charge in [-0.15, -0.1) is 0 Å². The number of benzene rings is 1. The molecule has 1 saturated heterocycles. The monoisotopic (exact) mass is 264 g/mol. The molecule has 1 aliphatic heterocycles. The highest BCUT2D eigenvalue weighted by atomic mass is 16.5. The van der Waals surface area contributed by atoms with Crippen LogP contribution in [0.3, 0.4) is 0 Å². The van der Waals surface area contributed by atoms with E-state index in [0.717, 1.165) is 19.4 Å². The smallest absolute Gasteiger partial charge is 0.229 e. The van der Waals surface area contributed by atoms with E-state index < -0.39 is 0 Å². The average Bonchev–Trinajstić information content (AvgIpc) is 2.47. The fourth-order valence-corrected chi connectivity index (χ4v) is 2.05. The maximum Gasteiger partial charge on any atom is 0.229 e. The van der Waals surface area contributed by atoms with E-state index in [1.807, 2.05) is 24.3 Å². The van der Waals surface area contributed by atoms with E-state index in [9.17, 15) is 4.79 Å². The van der Waals surface area contributed by atoms with Crippen molar-refractivity contribution < 1.29 is 14.3 Å². The Balaban J connectivity index is 1.99. The van der Waals surface area contributed by atoms with Gasteiger partial charge >= 0.3 is 0 Å². The molecule has 1 heterocycles. The molecule has 0 aromatic heterocycles. The van der Waals surface area contributed by atoms with Crippen LogP contribution in [0, 0.1) is 5.92 Å². The third-order valence-corrected chi connectivity index (χ3v) is 3.05. The maximum atomic E-state index is 12.1. The van der Waals surface area contributed by atoms with Crippen molar-refractivity contribution >= 4 is 11.6 Å². The van der Waals surface area contributed by atoms with Gasteiger partial charge in [0.25, 0.3) is 0 Å². The lowest BCUT2D eigenvalue weighted by Gasteiger charge is -2.21. The first-order valence-electron chi connectivity index (χ1n) is 6.62. The molecule has 1 amide bonds. The lowest BCUT2D eigenvalue weighted by molar-refractivity contribution is -0.123. The number of hydrogen-bond acceptors (Lipinski definition) is 4. The normalized spacial score (nSPS) is 18.9. The predicted octanol–water partition coefficient (Wildman–Crippen LogP) is 1.39. The van der Waals surface area contributed by atoms with Crippen molar-refractivity contribution in [3.63, 3.8) is 0 Å². The van der Waals surface area contributed by atoms with Crippen LogP contribution in [0.2, 0.25) is 0 Å². The summed E-state index contributed by atoms with van der Waals surface area (Å²) in [6.45, 7) is 2.12. The minimum atomic E-state index is -0.0729. The Kier molecular flexibility index (Phi) is 5.18. The van der Waals surface area contributed by atoms with Gasteiger partial charge in [-0.25, -0.2) is 0 Å². The lowest BCUT2D eigenvalue weighted by atomic mass is 10.0. The molecule has 0 radical (unpaired) electrons. The Morgan fingerprint density at radius 3 is 3.05 bits per heavy atom. The lowest BCUT2D eigenvalue weighted by Crippen LogP contribution is -2.30. The Morgan fingerprint density at radius 1 is 1.47 bits per heavy atom. The van der Waals surface area contributed by atoms with Crippen LogP contribution in [0.15, 0.2) is 24.3 Å². The van der Waals surface area contributed by atoms with Gasteiger partial charge in [0, 0.05) is 13.2 Å². The average molecular weight is 264 g/mol. The maximum absolute atomic E-state index is 12.1. The van der Waals surface area contributed by atoms with Gasteiger partial charge in [0.2, 0.25) is 5.91 Å². The number of rotatable bonds is 5. The molecule has 1 atom stereocenters. The second kappa shape index (κ2) is 7.11.